The molecule has 0 fully saturated rings. The lowest BCUT2D eigenvalue weighted by Crippen LogP contribution is -2.25. The van der Waals surface area contributed by atoms with Gasteiger partial charge in [-0.25, -0.2) is 0 Å². The third-order valence-corrected chi connectivity index (χ3v) is 2.63. The Hall–Kier alpha value is -2.17. The fourth-order valence-electron chi connectivity index (χ4n) is 1.62. The molecule has 1 heterocycles. The largest absolute Gasteiger partial charge is 0.352 e. The van der Waals surface area contributed by atoms with Crippen molar-refractivity contribution in [1.82, 2.24) is 15.5 Å². The van der Waals surface area contributed by atoms with E-state index in [0.29, 0.717) is 18.3 Å². The Balaban J connectivity index is 1.87. The molecule has 94 valence electrons. The van der Waals surface area contributed by atoms with Gasteiger partial charge in [-0.1, -0.05) is 29.4 Å². The Morgan fingerprint density at radius 2 is 2.11 bits per heavy atom. The summed E-state index contributed by atoms with van der Waals surface area (Å²) >= 11 is 0. The molecule has 2 rings (SSSR count). The first kappa shape index (κ1) is 12.3. The van der Waals surface area contributed by atoms with Gasteiger partial charge in [-0.05, 0) is 18.1 Å². The molecule has 0 aliphatic rings. The van der Waals surface area contributed by atoms with Crippen LogP contribution in [0.25, 0.3) is 0 Å². The predicted molar refractivity (Wildman–Crippen MR) is 65.8 cm³/mol. The number of aryl methyl sites for hydroxylation is 2. The van der Waals surface area contributed by atoms with E-state index in [9.17, 15) is 4.79 Å². The van der Waals surface area contributed by atoms with E-state index < -0.39 is 0 Å². The standard InChI is InChI=1S/C13H15N3O2/c1-9-5-3-4-6-11(9)8-14-13(17)7-12-15-10(2)18-16-12/h3-6H,7-8H2,1-2H3,(H,14,17). The monoisotopic (exact) mass is 245 g/mol. The van der Waals surface area contributed by atoms with Crippen molar-refractivity contribution in [3.63, 3.8) is 0 Å². The van der Waals surface area contributed by atoms with Crippen LogP contribution in [0.2, 0.25) is 0 Å². The van der Waals surface area contributed by atoms with Crippen LogP contribution in [0.15, 0.2) is 28.8 Å². The summed E-state index contributed by atoms with van der Waals surface area (Å²) in [6.45, 7) is 4.23. The molecule has 2 aromatic rings. The minimum Gasteiger partial charge on any atom is -0.352 e. The van der Waals surface area contributed by atoms with E-state index >= 15 is 0 Å². The SMILES string of the molecule is Cc1nc(CC(=O)NCc2ccccc2C)no1. The molecule has 5 heteroatoms. The second kappa shape index (κ2) is 5.44. The maximum atomic E-state index is 11.7. The summed E-state index contributed by atoms with van der Waals surface area (Å²) in [5, 5.41) is 6.52. The molecule has 0 saturated carbocycles. The minimum absolute atomic E-state index is 0.112. The van der Waals surface area contributed by atoms with Gasteiger partial charge in [0.2, 0.25) is 11.8 Å². The first-order valence-electron chi connectivity index (χ1n) is 5.75. The van der Waals surface area contributed by atoms with Crippen LogP contribution >= 0.6 is 0 Å². The van der Waals surface area contributed by atoms with Crippen molar-refractivity contribution in [2.24, 2.45) is 0 Å². The number of hydrogen-bond acceptors (Lipinski definition) is 4. The van der Waals surface area contributed by atoms with Gasteiger partial charge in [0, 0.05) is 13.5 Å². The van der Waals surface area contributed by atoms with E-state index in [1.165, 1.54) is 0 Å². The number of nitrogens with zero attached hydrogens (tertiary/aromatic N) is 2. The number of carbonyl (C=O) groups is 1. The fourth-order valence-corrected chi connectivity index (χ4v) is 1.62. The summed E-state index contributed by atoms with van der Waals surface area (Å²) in [5.41, 5.74) is 2.27. The molecular weight excluding hydrogens is 230 g/mol. The van der Waals surface area contributed by atoms with Crippen molar-refractivity contribution in [2.75, 3.05) is 0 Å². The lowest BCUT2D eigenvalue weighted by Gasteiger charge is -2.06. The normalized spacial score (nSPS) is 10.3. The smallest absolute Gasteiger partial charge is 0.228 e. The van der Waals surface area contributed by atoms with E-state index in [4.69, 9.17) is 4.52 Å². The maximum absolute atomic E-state index is 11.7. The first-order chi connectivity index (χ1) is 8.65. The van der Waals surface area contributed by atoms with E-state index in [1.807, 2.05) is 31.2 Å². The summed E-state index contributed by atoms with van der Waals surface area (Å²) in [6.07, 6.45) is 0.142. The van der Waals surface area contributed by atoms with E-state index in [1.54, 1.807) is 6.92 Å². The third kappa shape index (κ3) is 3.16. The number of rotatable bonds is 4. The second-order valence-corrected chi connectivity index (χ2v) is 4.11. The quantitative estimate of drug-likeness (QED) is 0.887. The number of benzene rings is 1. The predicted octanol–water partition coefficient (Wildman–Crippen LogP) is 1.55. The molecule has 1 aromatic heterocycles. The second-order valence-electron chi connectivity index (χ2n) is 4.11. The summed E-state index contributed by atoms with van der Waals surface area (Å²) in [6, 6.07) is 7.94. The fraction of sp³-hybridized carbons (Fsp3) is 0.308. The molecule has 0 aliphatic heterocycles. The van der Waals surface area contributed by atoms with Gasteiger partial charge in [0.1, 0.15) is 0 Å². The zero-order valence-electron chi connectivity index (χ0n) is 10.4. The van der Waals surface area contributed by atoms with Crippen molar-refractivity contribution in [3.8, 4) is 0 Å². The Morgan fingerprint density at radius 3 is 2.78 bits per heavy atom. The Labute approximate surface area is 105 Å². The molecule has 5 nitrogen and oxygen atoms in total. The molecular formula is C13H15N3O2. The van der Waals surface area contributed by atoms with Crippen LogP contribution in [0.1, 0.15) is 22.8 Å². The van der Waals surface area contributed by atoms with Gasteiger partial charge < -0.3 is 9.84 Å². The molecule has 0 spiro atoms. The van der Waals surface area contributed by atoms with Crippen molar-refractivity contribution < 1.29 is 9.32 Å². The lowest BCUT2D eigenvalue weighted by molar-refractivity contribution is -0.120. The zero-order chi connectivity index (χ0) is 13.0. The highest BCUT2D eigenvalue weighted by Crippen LogP contribution is 2.06. The Kier molecular flexibility index (Phi) is 3.72. The maximum Gasteiger partial charge on any atom is 0.228 e. The van der Waals surface area contributed by atoms with Gasteiger partial charge in [-0.15, -0.1) is 0 Å². The molecule has 18 heavy (non-hydrogen) atoms. The Morgan fingerprint density at radius 1 is 1.33 bits per heavy atom. The molecule has 0 radical (unpaired) electrons. The van der Waals surface area contributed by atoms with Gasteiger partial charge in [0.25, 0.3) is 0 Å². The van der Waals surface area contributed by atoms with Crippen LogP contribution < -0.4 is 5.32 Å². The van der Waals surface area contributed by atoms with Crippen molar-refractivity contribution in [1.29, 1.82) is 0 Å². The van der Waals surface area contributed by atoms with Crippen LogP contribution in [0.4, 0.5) is 0 Å². The topological polar surface area (TPSA) is 68.0 Å². The van der Waals surface area contributed by atoms with Gasteiger partial charge in [-0.2, -0.15) is 4.98 Å². The van der Waals surface area contributed by atoms with Crippen LogP contribution in [-0.2, 0) is 17.8 Å². The highest BCUT2D eigenvalue weighted by molar-refractivity contribution is 5.77. The number of nitrogens with one attached hydrogen (secondary N) is 1. The summed E-state index contributed by atoms with van der Waals surface area (Å²) < 4.78 is 4.81. The van der Waals surface area contributed by atoms with Gasteiger partial charge in [-0.3, -0.25) is 4.79 Å². The molecule has 0 saturated heterocycles. The molecule has 0 unspecified atom stereocenters. The third-order valence-electron chi connectivity index (χ3n) is 2.63. The molecule has 1 aromatic carbocycles. The average molecular weight is 245 g/mol. The highest BCUT2D eigenvalue weighted by Gasteiger charge is 2.09. The minimum atomic E-state index is -0.112. The van der Waals surface area contributed by atoms with Crippen LogP contribution in [0.3, 0.4) is 0 Å². The van der Waals surface area contributed by atoms with Crippen LogP contribution in [0, 0.1) is 13.8 Å². The number of aromatic nitrogens is 2. The van der Waals surface area contributed by atoms with Gasteiger partial charge in [0.05, 0.1) is 6.42 Å². The first-order valence-corrected chi connectivity index (χ1v) is 5.75. The van der Waals surface area contributed by atoms with Gasteiger partial charge in [0.15, 0.2) is 5.82 Å². The van der Waals surface area contributed by atoms with Crippen molar-refractivity contribution in [2.45, 2.75) is 26.8 Å². The average Bonchev–Trinajstić information content (AvgIpc) is 2.74. The lowest BCUT2D eigenvalue weighted by atomic mass is 10.1. The molecule has 0 atom stereocenters. The van der Waals surface area contributed by atoms with E-state index in [2.05, 4.69) is 15.5 Å². The van der Waals surface area contributed by atoms with Crippen LogP contribution in [0.5, 0.6) is 0 Å². The number of hydrogen-bond donors (Lipinski definition) is 1. The van der Waals surface area contributed by atoms with E-state index in [0.717, 1.165) is 11.1 Å². The molecule has 1 N–H and O–H groups in total. The van der Waals surface area contributed by atoms with Crippen molar-refractivity contribution >= 4 is 5.91 Å². The Bertz CT molecular complexity index is 549. The number of amides is 1. The summed E-state index contributed by atoms with van der Waals surface area (Å²) in [5.74, 6) is 0.769. The van der Waals surface area contributed by atoms with Gasteiger partial charge >= 0.3 is 0 Å². The van der Waals surface area contributed by atoms with Crippen LogP contribution in [-0.4, -0.2) is 16.0 Å². The summed E-state index contributed by atoms with van der Waals surface area (Å²) in [7, 11) is 0. The molecule has 0 bridgehead atoms. The molecule has 0 aliphatic carbocycles. The highest BCUT2D eigenvalue weighted by atomic mass is 16.5. The molecule has 1 amide bonds. The number of carbonyl (C=O) groups excluding carboxylic acids is 1. The zero-order valence-corrected chi connectivity index (χ0v) is 10.4. The van der Waals surface area contributed by atoms with E-state index in [-0.39, 0.29) is 12.3 Å². The summed E-state index contributed by atoms with van der Waals surface area (Å²) in [4.78, 5) is 15.7. The van der Waals surface area contributed by atoms with Crippen molar-refractivity contribution in [3.05, 3.63) is 47.1 Å².